The van der Waals surface area contributed by atoms with Crippen molar-refractivity contribution in [3.8, 4) is 0 Å². The van der Waals surface area contributed by atoms with Crippen molar-refractivity contribution in [1.82, 2.24) is 9.55 Å². The van der Waals surface area contributed by atoms with Crippen molar-refractivity contribution >= 4 is 30.3 Å². The summed E-state index contributed by atoms with van der Waals surface area (Å²) < 4.78 is 26.3. The first kappa shape index (κ1) is 23.6. The maximum Gasteiger partial charge on any atom is 0.331 e. The Morgan fingerprint density at radius 3 is 2.50 bits per heavy atom. The molecule has 168 valence electrons. The Balaban J connectivity index is 1.95. The smallest absolute Gasteiger partial charge is 0.331 e. The first-order chi connectivity index (χ1) is 13.8. The van der Waals surface area contributed by atoms with Gasteiger partial charge in [0.15, 0.2) is 20.3 Å². The molecule has 0 bridgehead atoms. The number of nitrogens with zero attached hydrogens (tertiary/aromatic N) is 1. The maximum absolute atomic E-state index is 12.7. The second-order valence-electron chi connectivity index (χ2n) is 9.73. The molecule has 3 rings (SSSR count). The van der Waals surface area contributed by atoms with E-state index >= 15 is 0 Å². The van der Waals surface area contributed by atoms with Crippen LogP contribution >= 0.6 is 15.9 Å². The third-order valence-corrected chi connectivity index (χ3v) is 10.8. The Kier molecular flexibility index (Phi) is 6.41. The molecule has 0 aliphatic carbocycles. The molecule has 0 radical (unpaired) electrons. The van der Waals surface area contributed by atoms with E-state index in [4.69, 9.17) is 18.6 Å². The van der Waals surface area contributed by atoms with Crippen LogP contribution in [0.25, 0.3) is 6.08 Å². The van der Waals surface area contributed by atoms with Crippen LogP contribution in [-0.4, -0.2) is 48.6 Å². The lowest BCUT2D eigenvalue weighted by Gasteiger charge is -2.37. The Labute approximate surface area is 185 Å². The van der Waals surface area contributed by atoms with Gasteiger partial charge in [0.05, 0.1) is 12.3 Å². The van der Waals surface area contributed by atoms with E-state index < -0.39 is 49.9 Å². The van der Waals surface area contributed by atoms with Crippen molar-refractivity contribution < 1.29 is 18.6 Å². The normalized spacial score (nSPS) is 28.9. The summed E-state index contributed by atoms with van der Waals surface area (Å²) in [6, 6.07) is 1.35. The zero-order valence-corrected chi connectivity index (χ0v) is 21.1. The zero-order valence-electron chi connectivity index (χ0n) is 18.5. The molecule has 0 aromatic carbocycles. The lowest BCUT2D eigenvalue weighted by molar-refractivity contribution is -0.200. The van der Waals surface area contributed by atoms with Crippen LogP contribution in [0.4, 0.5) is 0 Å². The SMILES string of the molecule is CC1(C)O[C@@H]2[C@H](O1)[C@@H](CO[Si](C)(C)C(C)(C)C)O[C@H]2n1c(/C=C/Br)cc(=O)[nH]c1=O. The molecule has 2 aliphatic heterocycles. The van der Waals surface area contributed by atoms with E-state index in [0.717, 1.165) is 0 Å². The van der Waals surface area contributed by atoms with Gasteiger partial charge in [-0.05, 0) is 43.0 Å². The predicted molar refractivity (Wildman–Crippen MR) is 120 cm³/mol. The number of nitrogens with one attached hydrogen (secondary N) is 1. The minimum atomic E-state index is -2.01. The molecule has 0 spiro atoms. The fourth-order valence-electron chi connectivity index (χ4n) is 3.49. The highest BCUT2D eigenvalue weighted by Gasteiger charge is 2.56. The molecule has 1 N–H and O–H groups in total. The summed E-state index contributed by atoms with van der Waals surface area (Å²) in [6.45, 7) is 14.9. The number of hydrogen-bond donors (Lipinski definition) is 1. The fourth-order valence-corrected chi connectivity index (χ4v) is 4.77. The van der Waals surface area contributed by atoms with E-state index in [0.29, 0.717) is 12.3 Å². The molecule has 0 amide bonds. The molecule has 8 nitrogen and oxygen atoms in total. The molecule has 3 heterocycles. The summed E-state index contributed by atoms with van der Waals surface area (Å²) in [7, 11) is -2.01. The fraction of sp³-hybridized carbons (Fsp3) is 0.700. The molecule has 2 saturated heterocycles. The summed E-state index contributed by atoms with van der Waals surface area (Å²) in [5.41, 5.74) is -0.636. The zero-order chi connectivity index (χ0) is 22.5. The number of hydrogen-bond acceptors (Lipinski definition) is 6. The Morgan fingerprint density at radius 1 is 1.27 bits per heavy atom. The van der Waals surface area contributed by atoms with Gasteiger partial charge in [-0.1, -0.05) is 36.7 Å². The van der Waals surface area contributed by atoms with Crippen molar-refractivity contribution in [1.29, 1.82) is 0 Å². The molecule has 1 aromatic rings. The van der Waals surface area contributed by atoms with Gasteiger partial charge in [-0.3, -0.25) is 14.3 Å². The molecule has 2 fully saturated rings. The van der Waals surface area contributed by atoms with E-state index in [-0.39, 0.29) is 5.04 Å². The third-order valence-electron chi connectivity index (χ3n) is 6.03. The second kappa shape index (κ2) is 8.14. The molecule has 1 aromatic heterocycles. The van der Waals surface area contributed by atoms with Crippen LogP contribution in [0.1, 0.15) is 46.5 Å². The van der Waals surface area contributed by atoms with Crippen LogP contribution in [0.5, 0.6) is 0 Å². The van der Waals surface area contributed by atoms with Crippen molar-refractivity contribution in [2.75, 3.05) is 6.61 Å². The van der Waals surface area contributed by atoms with Gasteiger partial charge >= 0.3 is 5.69 Å². The van der Waals surface area contributed by atoms with E-state index in [1.54, 1.807) is 11.1 Å². The Hall–Kier alpha value is -1.04. The molecular weight excluding hydrogens is 472 g/mol. The third kappa shape index (κ3) is 4.58. The molecule has 10 heteroatoms. The number of aromatic amines is 1. The van der Waals surface area contributed by atoms with E-state index in [1.165, 1.54) is 10.6 Å². The second-order valence-corrected chi connectivity index (χ2v) is 15.1. The topological polar surface area (TPSA) is 91.8 Å². The number of fused-ring (bicyclic) bond motifs is 1. The van der Waals surface area contributed by atoms with E-state index in [2.05, 4.69) is 54.8 Å². The predicted octanol–water partition coefficient (Wildman–Crippen LogP) is 3.34. The standard InChI is InChI=1S/C20H31BrN2O6Si/c1-19(2,3)30(6,7)26-11-13-15-16(29-20(4,5)28-15)17(27-13)23-12(8-9-21)10-14(24)22-18(23)25/h8-10,13,15-17H,11H2,1-7H3,(H,22,24,25)/b9-8+/t13-,15-,16-,17-/m1/s1. The number of aromatic nitrogens is 2. The van der Waals surface area contributed by atoms with Crippen LogP contribution in [0.3, 0.4) is 0 Å². The van der Waals surface area contributed by atoms with Crippen LogP contribution in [0, 0.1) is 0 Å². The van der Waals surface area contributed by atoms with Gasteiger partial charge in [0, 0.05) is 6.07 Å². The van der Waals surface area contributed by atoms with Crippen LogP contribution in [-0.2, 0) is 18.6 Å². The summed E-state index contributed by atoms with van der Waals surface area (Å²) in [5, 5.41) is 0.0560. The molecule has 0 saturated carbocycles. The van der Waals surface area contributed by atoms with E-state index in [1.807, 2.05) is 13.8 Å². The minimum absolute atomic E-state index is 0.0560. The Bertz CT molecular complexity index is 932. The molecular formula is C20H31BrN2O6Si. The van der Waals surface area contributed by atoms with Gasteiger partial charge in [0.2, 0.25) is 0 Å². The maximum atomic E-state index is 12.7. The quantitative estimate of drug-likeness (QED) is 0.620. The van der Waals surface area contributed by atoms with Crippen molar-refractivity contribution in [3.63, 3.8) is 0 Å². The van der Waals surface area contributed by atoms with E-state index in [9.17, 15) is 9.59 Å². The van der Waals surface area contributed by atoms with Gasteiger partial charge in [0.25, 0.3) is 5.56 Å². The average Bonchev–Trinajstić information content (AvgIpc) is 3.05. The van der Waals surface area contributed by atoms with Crippen molar-refractivity contribution in [2.45, 2.75) is 83.1 Å². The monoisotopic (exact) mass is 502 g/mol. The largest absolute Gasteiger partial charge is 0.414 e. The summed E-state index contributed by atoms with van der Waals surface area (Å²) in [5.74, 6) is -0.816. The van der Waals surface area contributed by atoms with Gasteiger partial charge in [-0.2, -0.15) is 0 Å². The van der Waals surface area contributed by atoms with Gasteiger partial charge in [-0.25, -0.2) is 4.79 Å². The van der Waals surface area contributed by atoms with Crippen LogP contribution in [0.15, 0.2) is 20.6 Å². The highest BCUT2D eigenvalue weighted by molar-refractivity contribution is 9.11. The molecule has 30 heavy (non-hydrogen) atoms. The molecule has 2 aliphatic rings. The van der Waals surface area contributed by atoms with Gasteiger partial charge in [-0.15, -0.1) is 0 Å². The summed E-state index contributed by atoms with van der Waals surface area (Å²) in [6.07, 6.45) is -0.452. The van der Waals surface area contributed by atoms with Gasteiger partial charge in [0.1, 0.15) is 18.3 Å². The minimum Gasteiger partial charge on any atom is -0.414 e. The van der Waals surface area contributed by atoms with Crippen molar-refractivity contribution in [3.05, 3.63) is 37.6 Å². The first-order valence-corrected chi connectivity index (χ1v) is 13.9. The lowest BCUT2D eigenvalue weighted by atomic mass is 10.1. The number of H-pyrrole nitrogens is 1. The number of halogens is 1. The summed E-state index contributed by atoms with van der Waals surface area (Å²) in [4.78, 5) is 28.4. The average molecular weight is 503 g/mol. The molecule has 4 atom stereocenters. The lowest BCUT2D eigenvalue weighted by Crippen LogP contribution is -2.44. The highest BCUT2D eigenvalue weighted by atomic mass is 79.9. The van der Waals surface area contributed by atoms with Crippen LogP contribution in [0.2, 0.25) is 18.1 Å². The van der Waals surface area contributed by atoms with Crippen LogP contribution < -0.4 is 11.2 Å². The number of rotatable bonds is 5. The van der Waals surface area contributed by atoms with Crippen molar-refractivity contribution in [2.24, 2.45) is 0 Å². The summed E-state index contributed by atoms with van der Waals surface area (Å²) >= 11 is 3.21. The van der Waals surface area contributed by atoms with Gasteiger partial charge < -0.3 is 18.6 Å². The first-order valence-electron chi connectivity index (χ1n) is 10.0. The Morgan fingerprint density at radius 2 is 1.90 bits per heavy atom. The number of ether oxygens (including phenoxy) is 3. The molecule has 0 unspecified atom stereocenters. The highest BCUT2D eigenvalue weighted by Crippen LogP contribution is 2.44.